The van der Waals surface area contributed by atoms with Crippen molar-refractivity contribution in [1.29, 1.82) is 0 Å². The maximum Gasteiger partial charge on any atom is 0.134 e. The van der Waals surface area contributed by atoms with Gasteiger partial charge >= 0.3 is 0 Å². The second kappa shape index (κ2) is 11.5. The van der Waals surface area contributed by atoms with E-state index < -0.39 is 0 Å². The number of alkyl halides is 1. The van der Waals surface area contributed by atoms with E-state index in [4.69, 9.17) is 0 Å². The minimum absolute atomic E-state index is 1.12. The Morgan fingerprint density at radius 2 is 1.12 bits per heavy atom. The van der Waals surface area contributed by atoms with Gasteiger partial charge in [0.2, 0.25) is 0 Å². The summed E-state index contributed by atoms with van der Waals surface area (Å²) in [7, 11) is 2.40. The maximum atomic E-state index is 3.70. The Morgan fingerprint density at radius 1 is 0.706 bits per heavy atom. The van der Waals surface area contributed by atoms with Crippen LogP contribution in [0, 0.1) is 0 Å². The lowest BCUT2D eigenvalue weighted by Gasteiger charge is -2.32. The molecule has 0 radical (unpaired) electrons. The number of halogens is 1. The lowest BCUT2D eigenvalue weighted by molar-refractivity contribution is -0.896. The van der Waals surface area contributed by atoms with Crippen LogP contribution in [-0.2, 0) is 0 Å². The van der Waals surface area contributed by atoms with E-state index >= 15 is 0 Å². The van der Waals surface area contributed by atoms with Crippen molar-refractivity contribution in [2.24, 2.45) is 0 Å². The first-order chi connectivity index (χ1) is 8.18. The van der Waals surface area contributed by atoms with E-state index in [2.05, 4.69) is 36.8 Å². The van der Waals surface area contributed by atoms with Crippen molar-refractivity contribution >= 4 is 15.9 Å². The molecule has 2 heteroatoms. The van der Waals surface area contributed by atoms with E-state index in [1.54, 1.807) is 0 Å². The summed E-state index contributed by atoms with van der Waals surface area (Å²) < 4.78 is 1.22. The van der Waals surface area contributed by atoms with Crippen LogP contribution in [0.25, 0.3) is 0 Å². The molecule has 1 nitrogen and oxygen atoms in total. The predicted molar refractivity (Wildman–Crippen MR) is 82.6 cm³/mol. The topological polar surface area (TPSA) is 0 Å². The van der Waals surface area contributed by atoms with Crippen LogP contribution >= 0.6 is 15.9 Å². The Labute approximate surface area is 118 Å². The van der Waals surface area contributed by atoms with E-state index in [1.165, 1.54) is 75.4 Å². The Bertz CT molecular complexity index is 161. The van der Waals surface area contributed by atoms with Gasteiger partial charge in [0.15, 0.2) is 0 Å². The number of quaternary nitrogens is 1. The summed E-state index contributed by atoms with van der Waals surface area (Å²) in [5, 5.41) is 0. The number of hydrogen-bond acceptors (Lipinski definition) is 0. The molecule has 0 fully saturated rings. The molecule has 0 N–H and O–H groups in total. The maximum absolute atomic E-state index is 3.70. The van der Waals surface area contributed by atoms with Crippen LogP contribution in [-0.4, -0.2) is 30.1 Å². The summed E-state index contributed by atoms with van der Waals surface area (Å²) in [6, 6.07) is 0. The third-order valence-corrected chi connectivity index (χ3v) is 4.85. The normalized spacial score (nSPS) is 14.8. The van der Waals surface area contributed by atoms with E-state index in [-0.39, 0.29) is 0 Å². The highest BCUT2D eigenvalue weighted by molar-refractivity contribution is 9.09. The highest BCUT2D eigenvalue weighted by Crippen LogP contribution is 2.13. The van der Waals surface area contributed by atoms with E-state index in [0.29, 0.717) is 0 Å². The van der Waals surface area contributed by atoms with Crippen molar-refractivity contribution in [2.45, 2.75) is 71.6 Å². The molecule has 0 saturated heterocycles. The zero-order valence-corrected chi connectivity index (χ0v) is 13.9. The first-order valence-corrected chi connectivity index (χ1v) is 8.70. The van der Waals surface area contributed by atoms with Crippen LogP contribution in [0.15, 0.2) is 0 Å². The largest absolute Gasteiger partial charge is 0.317 e. The van der Waals surface area contributed by atoms with Crippen LogP contribution in [0.1, 0.15) is 71.6 Å². The molecular formula is C15H33BrN+. The molecule has 0 aliphatic carbocycles. The first-order valence-electron chi connectivity index (χ1n) is 7.58. The third-order valence-electron chi connectivity index (χ3n) is 3.64. The molecule has 0 aromatic heterocycles. The zero-order valence-electron chi connectivity index (χ0n) is 12.3. The quantitative estimate of drug-likeness (QED) is 0.198. The van der Waals surface area contributed by atoms with Crippen molar-refractivity contribution in [2.75, 3.05) is 25.6 Å². The molecular weight excluding hydrogens is 274 g/mol. The smallest absolute Gasteiger partial charge is 0.134 e. The van der Waals surface area contributed by atoms with Crippen LogP contribution in [0.5, 0.6) is 0 Å². The molecule has 0 amide bonds. The van der Waals surface area contributed by atoms with Gasteiger partial charge in [-0.1, -0.05) is 46.0 Å². The van der Waals surface area contributed by atoms with Gasteiger partial charge in [-0.15, -0.1) is 0 Å². The van der Waals surface area contributed by atoms with Crippen molar-refractivity contribution in [3.05, 3.63) is 0 Å². The highest BCUT2D eigenvalue weighted by Gasteiger charge is 2.18. The number of hydrogen-bond donors (Lipinski definition) is 0. The fourth-order valence-corrected chi connectivity index (χ4v) is 2.75. The third kappa shape index (κ3) is 10.1. The van der Waals surface area contributed by atoms with E-state index in [1.807, 2.05) is 0 Å². The molecule has 0 aliphatic heterocycles. The number of rotatable bonds is 12. The van der Waals surface area contributed by atoms with Crippen molar-refractivity contribution in [3.63, 3.8) is 0 Å². The SMILES string of the molecule is CCCCCCC[N+](C)(CBr)CCCCCC. The molecule has 0 aromatic rings. The lowest BCUT2D eigenvalue weighted by atomic mass is 10.1. The Morgan fingerprint density at radius 3 is 1.53 bits per heavy atom. The van der Waals surface area contributed by atoms with Crippen LogP contribution in [0.4, 0.5) is 0 Å². The number of nitrogens with zero attached hydrogens (tertiary/aromatic N) is 1. The van der Waals surface area contributed by atoms with Crippen LogP contribution in [0.3, 0.4) is 0 Å². The summed E-state index contributed by atoms with van der Waals surface area (Å²) >= 11 is 3.70. The molecule has 1 atom stereocenters. The standard InChI is InChI=1S/C15H33BrN/c1-4-6-8-10-12-14-17(3,15-16)13-11-9-7-5-2/h4-15H2,1-3H3/q+1. The minimum atomic E-state index is 1.12. The Hall–Kier alpha value is 0.440. The van der Waals surface area contributed by atoms with Crippen molar-refractivity contribution < 1.29 is 4.48 Å². The van der Waals surface area contributed by atoms with Crippen LogP contribution < -0.4 is 0 Å². The molecule has 0 spiro atoms. The van der Waals surface area contributed by atoms with Gasteiger partial charge in [-0.05, 0) is 41.6 Å². The Kier molecular flexibility index (Phi) is 11.8. The summed E-state index contributed by atoms with van der Waals surface area (Å²) in [6.45, 7) is 7.26. The minimum Gasteiger partial charge on any atom is -0.317 e. The molecule has 17 heavy (non-hydrogen) atoms. The summed E-state index contributed by atoms with van der Waals surface area (Å²) in [5.41, 5.74) is 1.12. The Balaban J connectivity index is 3.61. The molecule has 0 aliphatic rings. The van der Waals surface area contributed by atoms with Crippen LogP contribution in [0.2, 0.25) is 0 Å². The second-order valence-corrected chi connectivity index (χ2v) is 6.16. The molecule has 104 valence electrons. The summed E-state index contributed by atoms with van der Waals surface area (Å²) in [5.74, 6) is 0. The monoisotopic (exact) mass is 306 g/mol. The van der Waals surface area contributed by atoms with Gasteiger partial charge in [-0.2, -0.15) is 0 Å². The average molecular weight is 307 g/mol. The fourth-order valence-electron chi connectivity index (χ4n) is 2.25. The lowest BCUT2D eigenvalue weighted by Crippen LogP contribution is -2.44. The first kappa shape index (κ1) is 17.4. The van der Waals surface area contributed by atoms with Gasteiger partial charge in [0, 0.05) is 0 Å². The molecule has 1 unspecified atom stereocenters. The van der Waals surface area contributed by atoms with Gasteiger partial charge < -0.3 is 4.48 Å². The van der Waals surface area contributed by atoms with Gasteiger partial charge in [0.1, 0.15) is 5.45 Å². The van der Waals surface area contributed by atoms with Gasteiger partial charge in [-0.25, -0.2) is 0 Å². The van der Waals surface area contributed by atoms with Crippen molar-refractivity contribution in [1.82, 2.24) is 0 Å². The van der Waals surface area contributed by atoms with Gasteiger partial charge in [0.25, 0.3) is 0 Å². The molecule has 0 saturated carbocycles. The average Bonchev–Trinajstić information content (AvgIpc) is 2.34. The van der Waals surface area contributed by atoms with E-state index in [0.717, 1.165) is 5.45 Å². The molecule has 0 bridgehead atoms. The fraction of sp³-hybridized carbons (Fsp3) is 1.00. The molecule has 0 aromatic carbocycles. The van der Waals surface area contributed by atoms with Crippen molar-refractivity contribution in [3.8, 4) is 0 Å². The zero-order chi connectivity index (χ0) is 13.0. The van der Waals surface area contributed by atoms with Gasteiger partial charge in [0.05, 0.1) is 20.1 Å². The highest BCUT2D eigenvalue weighted by atomic mass is 79.9. The van der Waals surface area contributed by atoms with Gasteiger partial charge in [-0.3, -0.25) is 0 Å². The predicted octanol–water partition coefficient (Wildman–Crippen LogP) is 5.34. The summed E-state index contributed by atoms with van der Waals surface area (Å²) in [6.07, 6.45) is 12.6. The number of unbranched alkanes of at least 4 members (excludes halogenated alkanes) is 7. The van der Waals surface area contributed by atoms with E-state index in [9.17, 15) is 0 Å². The molecule has 0 heterocycles. The molecule has 0 rings (SSSR count). The second-order valence-electron chi connectivity index (χ2n) is 5.66. The summed E-state index contributed by atoms with van der Waals surface area (Å²) in [4.78, 5) is 0.